The zero-order chi connectivity index (χ0) is 8.81. The molecule has 70 valence electrons. The van der Waals surface area contributed by atoms with Gasteiger partial charge in [0.25, 0.3) is 0 Å². The van der Waals surface area contributed by atoms with Crippen molar-refractivity contribution in [3.05, 3.63) is 0 Å². The summed E-state index contributed by atoms with van der Waals surface area (Å²) < 4.78 is 0. The SMILES string of the molecule is CC(CO)CNC1=NCCCN1. The van der Waals surface area contributed by atoms with Gasteiger partial charge in [-0.3, -0.25) is 4.99 Å². The van der Waals surface area contributed by atoms with Gasteiger partial charge in [0.05, 0.1) is 0 Å². The summed E-state index contributed by atoms with van der Waals surface area (Å²) in [5, 5.41) is 15.1. The maximum atomic E-state index is 8.76. The minimum Gasteiger partial charge on any atom is -0.396 e. The zero-order valence-electron chi connectivity index (χ0n) is 7.51. The molecule has 1 aliphatic heterocycles. The van der Waals surface area contributed by atoms with Crippen molar-refractivity contribution in [2.24, 2.45) is 10.9 Å². The molecule has 0 fully saturated rings. The van der Waals surface area contributed by atoms with Gasteiger partial charge >= 0.3 is 0 Å². The predicted octanol–water partition coefficient (Wildman–Crippen LogP) is -0.446. The molecule has 0 aromatic rings. The maximum Gasteiger partial charge on any atom is 0.191 e. The summed E-state index contributed by atoms with van der Waals surface area (Å²) in [6, 6.07) is 0. The van der Waals surface area contributed by atoms with E-state index in [0.717, 1.165) is 32.0 Å². The second-order valence-corrected chi connectivity index (χ2v) is 3.18. The minimum absolute atomic E-state index is 0.223. The van der Waals surface area contributed by atoms with E-state index in [-0.39, 0.29) is 12.5 Å². The molecule has 0 aromatic heterocycles. The van der Waals surface area contributed by atoms with Crippen LogP contribution < -0.4 is 10.6 Å². The molecule has 0 aliphatic carbocycles. The van der Waals surface area contributed by atoms with Crippen LogP contribution in [0, 0.1) is 5.92 Å². The second kappa shape index (κ2) is 4.98. The molecule has 4 nitrogen and oxygen atoms in total. The number of rotatable bonds is 3. The first-order valence-electron chi connectivity index (χ1n) is 4.46. The van der Waals surface area contributed by atoms with E-state index < -0.39 is 0 Å². The Balaban J connectivity index is 2.17. The Morgan fingerprint density at radius 3 is 3.17 bits per heavy atom. The van der Waals surface area contributed by atoms with Gasteiger partial charge in [0.1, 0.15) is 0 Å². The van der Waals surface area contributed by atoms with Crippen LogP contribution in [0.25, 0.3) is 0 Å². The highest BCUT2D eigenvalue weighted by atomic mass is 16.3. The van der Waals surface area contributed by atoms with Crippen LogP contribution in [0.1, 0.15) is 13.3 Å². The van der Waals surface area contributed by atoms with Crippen molar-refractivity contribution in [2.45, 2.75) is 13.3 Å². The van der Waals surface area contributed by atoms with Crippen LogP contribution in [-0.2, 0) is 0 Å². The standard InChI is InChI=1S/C8H17N3O/c1-7(6-12)5-11-8-9-3-2-4-10-8/h7,12H,2-6H2,1H3,(H2,9,10,11). The third-order valence-electron chi connectivity index (χ3n) is 1.83. The number of aliphatic hydroxyl groups excluding tert-OH is 1. The molecule has 12 heavy (non-hydrogen) atoms. The third-order valence-corrected chi connectivity index (χ3v) is 1.83. The van der Waals surface area contributed by atoms with Gasteiger partial charge in [0.15, 0.2) is 5.96 Å². The number of hydrogen-bond donors (Lipinski definition) is 3. The predicted molar refractivity (Wildman–Crippen MR) is 49.2 cm³/mol. The van der Waals surface area contributed by atoms with Crippen LogP contribution >= 0.6 is 0 Å². The van der Waals surface area contributed by atoms with Crippen LogP contribution in [0.15, 0.2) is 4.99 Å². The molecule has 0 spiro atoms. The Morgan fingerprint density at radius 1 is 1.75 bits per heavy atom. The number of guanidine groups is 1. The molecule has 0 amide bonds. The lowest BCUT2D eigenvalue weighted by Gasteiger charge is -2.17. The quantitative estimate of drug-likeness (QED) is 0.539. The molecule has 0 bridgehead atoms. The summed E-state index contributed by atoms with van der Waals surface area (Å²) in [6.45, 7) is 4.90. The van der Waals surface area contributed by atoms with Crippen molar-refractivity contribution in [1.29, 1.82) is 0 Å². The van der Waals surface area contributed by atoms with Crippen molar-refractivity contribution in [1.82, 2.24) is 10.6 Å². The molecule has 1 rings (SSSR count). The van der Waals surface area contributed by atoms with E-state index in [1.165, 1.54) is 0 Å². The summed E-state index contributed by atoms with van der Waals surface area (Å²) in [7, 11) is 0. The molecule has 1 heterocycles. The van der Waals surface area contributed by atoms with Crippen molar-refractivity contribution in [3.8, 4) is 0 Å². The monoisotopic (exact) mass is 171 g/mol. The van der Waals surface area contributed by atoms with Gasteiger partial charge < -0.3 is 15.7 Å². The molecular formula is C8H17N3O. The minimum atomic E-state index is 0.223. The molecule has 3 N–H and O–H groups in total. The van der Waals surface area contributed by atoms with Crippen molar-refractivity contribution in [2.75, 3.05) is 26.2 Å². The number of aliphatic hydroxyl groups is 1. The molecule has 0 radical (unpaired) electrons. The summed E-state index contributed by atoms with van der Waals surface area (Å²) in [4.78, 5) is 4.25. The number of nitrogens with zero attached hydrogens (tertiary/aromatic N) is 1. The largest absolute Gasteiger partial charge is 0.396 e. The third kappa shape index (κ3) is 3.09. The van der Waals surface area contributed by atoms with Gasteiger partial charge in [-0.15, -0.1) is 0 Å². The van der Waals surface area contributed by atoms with Gasteiger partial charge in [0.2, 0.25) is 0 Å². The number of nitrogens with one attached hydrogen (secondary N) is 2. The van der Waals surface area contributed by atoms with Crippen LogP contribution in [0.3, 0.4) is 0 Å². The highest BCUT2D eigenvalue weighted by molar-refractivity contribution is 5.80. The van der Waals surface area contributed by atoms with Crippen LogP contribution in [0.5, 0.6) is 0 Å². The smallest absolute Gasteiger partial charge is 0.191 e. The fourth-order valence-electron chi connectivity index (χ4n) is 0.986. The maximum absolute atomic E-state index is 8.76. The van der Waals surface area contributed by atoms with Crippen LogP contribution in [0.4, 0.5) is 0 Å². The zero-order valence-corrected chi connectivity index (χ0v) is 7.51. The van der Waals surface area contributed by atoms with E-state index in [2.05, 4.69) is 15.6 Å². The van der Waals surface area contributed by atoms with E-state index in [4.69, 9.17) is 5.11 Å². The molecule has 1 atom stereocenters. The first kappa shape index (κ1) is 9.32. The fourth-order valence-corrected chi connectivity index (χ4v) is 0.986. The Labute approximate surface area is 73.1 Å². The summed E-state index contributed by atoms with van der Waals surface area (Å²) in [6.07, 6.45) is 1.11. The molecule has 4 heteroatoms. The molecule has 0 aromatic carbocycles. The lowest BCUT2D eigenvalue weighted by atomic mass is 10.2. The number of hydrogen-bond acceptors (Lipinski definition) is 4. The molecule has 0 saturated carbocycles. The van der Waals surface area contributed by atoms with E-state index in [0.29, 0.717) is 0 Å². The van der Waals surface area contributed by atoms with Crippen molar-refractivity contribution < 1.29 is 5.11 Å². The molecule has 1 unspecified atom stereocenters. The second-order valence-electron chi connectivity index (χ2n) is 3.18. The average molecular weight is 171 g/mol. The molecule has 0 saturated heterocycles. The molecular weight excluding hydrogens is 154 g/mol. The summed E-state index contributed by atoms with van der Waals surface area (Å²) in [5.74, 6) is 1.16. The van der Waals surface area contributed by atoms with Gasteiger partial charge in [-0.2, -0.15) is 0 Å². The molecule has 1 aliphatic rings. The summed E-state index contributed by atoms with van der Waals surface area (Å²) in [5.41, 5.74) is 0. The Morgan fingerprint density at radius 2 is 2.58 bits per heavy atom. The van der Waals surface area contributed by atoms with E-state index in [1.807, 2.05) is 6.92 Å². The summed E-state index contributed by atoms with van der Waals surface area (Å²) >= 11 is 0. The Hall–Kier alpha value is -0.770. The van der Waals surface area contributed by atoms with Gasteiger partial charge in [0, 0.05) is 26.2 Å². The average Bonchev–Trinajstić information content (AvgIpc) is 2.16. The van der Waals surface area contributed by atoms with Crippen LogP contribution in [0.2, 0.25) is 0 Å². The normalized spacial score (nSPS) is 19.3. The van der Waals surface area contributed by atoms with Gasteiger partial charge in [-0.1, -0.05) is 6.92 Å². The highest BCUT2D eigenvalue weighted by Crippen LogP contribution is 1.91. The van der Waals surface area contributed by atoms with Crippen molar-refractivity contribution in [3.63, 3.8) is 0 Å². The van der Waals surface area contributed by atoms with Gasteiger partial charge in [-0.25, -0.2) is 0 Å². The lowest BCUT2D eigenvalue weighted by molar-refractivity contribution is 0.238. The van der Waals surface area contributed by atoms with E-state index in [1.54, 1.807) is 0 Å². The van der Waals surface area contributed by atoms with Crippen molar-refractivity contribution >= 4 is 5.96 Å². The number of aliphatic imine (C=N–C) groups is 1. The lowest BCUT2D eigenvalue weighted by Crippen LogP contribution is -2.42. The van der Waals surface area contributed by atoms with Gasteiger partial charge in [-0.05, 0) is 12.3 Å². The first-order chi connectivity index (χ1) is 5.83. The first-order valence-corrected chi connectivity index (χ1v) is 4.46. The Kier molecular flexibility index (Phi) is 3.87. The van der Waals surface area contributed by atoms with Crippen LogP contribution in [-0.4, -0.2) is 37.3 Å². The van der Waals surface area contributed by atoms with E-state index >= 15 is 0 Å². The fraction of sp³-hybridized carbons (Fsp3) is 0.875. The van der Waals surface area contributed by atoms with E-state index in [9.17, 15) is 0 Å². The topological polar surface area (TPSA) is 56.6 Å². The Bertz CT molecular complexity index is 158. The highest BCUT2D eigenvalue weighted by Gasteiger charge is 2.04.